The highest BCUT2D eigenvalue weighted by atomic mass is 32.2. The molecule has 0 aliphatic carbocycles. The fourth-order valence-corrected chi connectivity index (χ4v) is 5.08. The van der Waals surface area contributed by atoms with E-state index < -0.39 is 22.0 Å². The fourth-order valence-electron chi connectivity index (χ4n) is 3.39. The number of hydrogen-bond donors (Lipinski definition) is 1. The van der Waals surface area contributed by atoms with E-state index in [0.29, 0.717) is 12.8 Å². The zero-order valence-corrected chi connectivity index (χ0v) is 13.8. The number of aliphatic carboxylic acids is 1. The summed E-state index contributed by atoms with van der Waals surface area (Å²) in [4.78, 5) is 13.8. The van der Waals surface area contributed by atoms with E-state index in [9.17, 15) is 18.3 Å². The monoisotopic (exact) mass is 338 g/mol. The molecule has 7 heteroatoms. The first-order valence-corrected chi connectivity index (χ1v) is 9.54. The Morgan fingerprint density at radius 2 is 1.78 bits per heavy atom. The summed E-state index contributed by atoms with van der Waals surface area (Å²) in [5.41, 5.74) is 0.896. The molecule has 2 aliphatic heterocycles. The van der Waals surface area contributed by atoms with Crippen molar-refractivity contribution in [3.05, 3.63) is 24.3 Å². The minimum atomic E-state index is -3.78. The molecule has 1 atom stereocenters. The molecule has 0 aromatic heterocycles. The Labute approximate surface area is 136 Å². The number of benzene rings is 1. The van der Waals surface area contributed by atoms with Gasteiger partial charge in [0.25, 0.3) is 0 Å². The largest absolute Gasteiger partial charge is 0.480 e. The van der Waals surface area contributed by atoms with Crippen molar-refractivity contribution in [2.45, 2.75) is 43.0 Å². The van der Waals surface area contributed by atoms with Crippen LogP contribution in [0.4, 0.5) is 5.69 Å². The lowest BCUT2D eigenvalue weighted by molar-refractivity contribution is -0.142. The van der Waals surface area contributed by atoms with Crippen molar-refractivity contribution in [2.24, 2.45) is 0 Å². The smallest absolute Gasteiger partial charge is 0.322 e. The van der Waals surface area contributed by atoms with Crippen LogP contribution in [0.1, 0.15) is 32.1 Å². The number of hydrogen-bond acceptors (Lipinski definition) is 4. The molecular formula is C16H22N2O4S. The Morgan fingerprint density at radius 1 is 1.09 bits per heavy atom. The molecular weight excluding hydrogens is 316 g/mol. The zero-order valence-electron chi connectivity index (χ0n) is 13.0. The first kappa shape index (κ1) is 16.3. The van der Waals surface area contributed by atoms with Gasteiger partial charge in [-0.1, -0.05) is 6.07 Å². The second-order valence-electron chi connectivity index (χ2n) is 6.16. The van der Waals surface area contributed by atoms with Gasteiger partial charge in [0, 0.05) is 25.3 Å². The Balaban J connectivity index is 1.92. The molecule has 0 saturated carbocycles. The highest BCUT2D eigenvalue weighted by Crippen LogP contribution is 2.28. The van der Waals surface area contributed by atoms with Gasteiger partial charge in [0.2, 0.25) is 10.0 Å². The number of sulfonamides is 1. The number of anilines is 1. The Bertz CT molecular complexity index is 683. The number of carboxylic acid groups (broad SMARTS) is 1. The first-order chi connectivity index (χ1) is 11.0. The summed E-state index contributed by atoms with van der Waals surface area (Å²) in [5.74, 6) is -1.07. The summed E-state index contributed by atoms with van der Waals surface area (Å²) in [5, 5.41) is 9.33. The summed E-state index contributed by atoms with van der Waals surface area (Å²) in [6.07, 6.45) is 4.06. The zero-order chi connectivity index (χ0) is 16.4. The maximum Gasteiger partial charge on any atom is 0.322 e. The first-order valence-electron chi connectivity index (χ1n) is 8.10. The molecule has 23 heavy (non-hydrogen) atoms. The third-order valence-corrected chi connectivity index (χ3v) is 6.54. The second kappa shape index (κ2) is 6.49. The van der Waals surface area contributed by atoms with Crippen molar-refractivity contribution in [1.29, 1.82) is 0 Å². The van der Waals surface area contributed by atoms with E-state index in [-0.39, 0.29) is 11.4 Å². The number of carboxylic acids is 1. The second-order valence-corrected chi connectivity index (χ2v) is 8.05. The topological polar surface area (TPSA) is 77.9 Å². The van der Waals surface area contributed by atoms with Crippen molar-refractivity contribution in [3.8, 4) is 0 Å². The molecule has 1 unspecified atom stereocenters. The predicted molar refractivity (Wildman–Crippen MR) is 87.1 cm³/mol. The molecule has 1 N–H and O–H groups in total. The van der Waals surface area contributed by atoms with Gasteiger partial charge in [0.1, 0.15) is 6.04 Å². The predicted octanol–water partition coefficient (Wildman–Crippen LogP) is 1.91. The maximum absolute atomic E-state index is 12.9. The van der Waals surface area contributed by atoms with Crippen LogP contribution < -0.4 is 4.90 Å². The third kappa shape index (κ3) is 3.21. The molecule has 0 spiro atoms. The highest BCUT2D eigenvalue weighted by Gasteiger charge is 2.37. The normalized spacial score (nSPS) is 23.1. The van der Waals surface area contributed by atoms with Gasteiger partial charge in [-0.25, -0.2) is 8.42 Å². The number of piperidine rings is 1. The number of carbonyl (C=O) groups is 1. The van der Waals surface area contributed by atoms with Crippen LogP contribution in [0.25, 0.3) is 0 Å². The average Bonchev–Trinajstić information content (AvgIpc) is 3.09. The lowest BCUT2D eigenvalue weighted by atomic mass is 10.1. The molecule has 0 amide bonds. The summed E-state index contributed by atoms with van der Waals surface area (Å²) < 4.78 is 27.0. The van der Waals surface area contributed by atoms with Crippen molar-refractivity contribution in [3.63, 3.8) is 0 Å². The van der Waals surface area contributed by atoms with Gasteiger partial charge in [-0.15, -0.1) is 0 Å². The van der Waals surface area contributed by atoms with Crippen LogP contribution in [0.2, 0.25) is 0 Å². The lowest BCUT2D eigenvalue weighted by Crippen LogP contribution is -2.47. The van der Waals surface area contributed by atoms with E-state index in [2.05, 4.69) is 4.90 Å². The van der Waals surface area contributed by atoms with Gasteiger partial charge in [-0.3, -0.25) is 4.79 Å². The summed E-state index contributed by atoms with van der Waals surface area (Å²) in [7, 11) is -3.78. The van der Waals surface area contributed by atoms with Crippen LogP contribution in [0.5, 0.6) is 0 Å². The molecule has 2 heterocycles. The van der Waals surface area contributed by atoms with Crippen LogP contribution in [-0.4, -0.2) is 49.5 Å². The van der Waals surface area contributed by atoms with Gasteiger partial charge in [-0.05, 0) is 50.3 Å². The lowest BCUT2D eigenvalue weighted by Gasteiger charge is -2.32. The van der Waals surface area contributed by atoms with E-state index >= 15 is 0 Å². The molecule has 0 radical (unpaired) electrons. The van der Waals surface area contributed by atoms with E-state index in [1.807, 2.05) is 6.07 Å². The highest BCUT2D eigenvalue weighted by molar-refractivity contribution is 7.89. The van der Waals surface area contributed by atoms with Crippen molar-refractivity contribution in [1.82, 2.24) is 4.31 Å². The number of rotatable bonds is 4. The van der Waals surface area contributed by atoms with Gasteiger partial charge >= 0.3 is 5.97 Å². The molecule has 3 rings (SSSR count). The summed E-state index contributed by atoms with van der Waals surface area (Å²) >= 11 is 0. The summed E-state index contributed by atoms with van der Waals surface area (Å²) in [6.45, 7) is 2.14. The summed E-state index contributed by atoms with van der Waals surface area (Å²) in [6, 6.07) is 5.93. The van der Waals surface area contributed by atoms with Crippen LogP contribution >= 0.6 is 0 Å². The van der Waals surface area contributed by atoms with Gasteiger partial charge in [0.05, 0.1) is 4.90 Å². The van der Waals surface area contributed by atoms with E-state index in [1.54, 1.807) is 18.2 Å². The standard InChI is InChI=1S/C16H22N2O4S/c19-16(20)15-8-1-2-11-18(15)23(21,22)14-7-5-6-13(12-14)17-9-3-4-10-17/h5-7,12,15H,1-4,8-11H2,(H,19,20). The number of nitrogens with zero attached hydrogens (tertiary/aromatic N) is 2. The van der Waals surface area contributed by atoms with E-state index in [4.69, 9.17) is 0 Å². The van der Waals surface area contributed by atoms with Crippen molar-refractivity contribution >= 4 is 21.7 Å². The van der Waals surface area contributed by atoms with Gasteiger partial charge in [-0.2, -0.15) is 4.31 Å². The van der Waals surface area contributed by atoms with E-state index in [0.717, 1.165) is 42.3 Å². The molecule has 1 aromatic carbocycles. The maximum atomic E-state index is 12.9. The quantitative estimate of drug-likeness (QED) is 0.907. The Hall–Kier alpha value is -1.60. The minimum Gasteiger partial charge on any atom is -0.480 e. The van der Waals surface area contributed by atoms with Crippen LogP contribution in [0, 0.1) is 0 Å². The molecule has 1 aromatic rings. The molecule has 126 valence electrons. The SMILES string of the molecule is O=C(O)C1CCCCN1S(=O)(=O)c1cccc(N2CCCC2)c1. The molecule has 2 saturated heterocycles. The molecule has 2 fully saturated rings. The van der Waals surface area contributed by atoms with Gasteiger partial charge < -0.3 is 10.0 Å². The van der Waals surface area contributed by atoms with E-state index in [1.165, 1.54) is 0 Å². The van der Waals surface area contributed by atoms with Crippen LogP contribution in [0.15, 0.2) is 29.2 Å². The third-order valence-electron chi connectivity index (χ3n) is 4.63. The van der Waals surface area contributed by atoms with Crippen LogP contribution in [-0.2, 0) is 14.8 Å². The average molecular weight is 338 g/mol. The molecule has 2 aliphatic rings. The van der Waals surface area contributed by atoms with Crippen molar-refractivity contribution < 1.29 is 18.3 Å². The molecule has 6 nitrogen and oxygen atoms in total. The Kier molecular flexibility index (Phi) is 4.59. The van der Waals surface area contributed by atoms with Crippen molar-refractivity contribution in [2.75, 3.05) is 24.5 Å². The minimum absolute atomic E-state index is 0.190. The van der Waals surface area contributed by atoms with Gasteiger partial charge in [0.15, 0.2) is 0 Å². The fraction of sp³-hybridized carbons (Fsp3) is 0.562. The molecule has 0 bridgehead atoms. The van der Waals surface area contributed by atoms with Crippen LogP contribution in [0.3, 0.4) is 0 Å². The Morgan fingerprint density at radius 3 is 2.48 bits per heavy atom.